The highest BCUT2D eigenvalue weighted by molar-refractivity contribution is 9.10. The van der Waals surface area contributed by atoms with Crippen LogP contribution in [-0.2, 0) is 9.53 Å². The minimum atomic E-state index is -4.86. The molecule has 0 saturated carbocycles. The zero-order valence-electron chi connectivity index (χ0n) is 14.3. The van der Waals surface area contributed by atoms with Gasteiger partial charge in [0.05, 0.1) is 12.7 Å². The van der Waals surface area contributed by atoms with Crippen molar-refractivity contribution in [1.29, 1.82) is 0 Å². The first kappa shape index (κ1) is 20.5. The van der Waals surface area contributed by atoms with Gasteiger partial charge in [-0.05, 0) is 42.0 Å². The average molecular weight is 478 g/mol. The molecule has 148 valence electrons. The predicted octanol–water partition coefficient (Wildman–Crippen LogP) is 5.59. The molecule has 3 rings (SSSR count). The summed E-state index contributed by atoms with van der Waals surface area (Å²) in [4.78, 5) is 11.2. The van der Waals surface area contributed by atoms with E-state index in [1.807, 2.05) is 0 Å². The second-order valence-corrected chi connectivity index (χ2v) is 7.37. The van der Waals surface area contributed by atoms with Gasteiger partial charge in [0.1, 0.15) is 11.5 Å². The third kappa shape index (κ3) is 4.12. The molecule has 1 aromatic rings. The lowest BCUT2D eigenvalue weighted by Gasteiger charge is -2.30. The van der Waals surface area contributed by atoms with Crippen LogP contribution in [0.15, 0.2) is 62.3 Å². The molecule has 2 aliphatic rings. The maximum absolute atomic E-state index is 13.2. The number of rotatable bonds is 3. The lowest BCUT2D eigenvalue weighted by atomic mass is 9.93. The van der Waals surface area contributed by atoms with Crippen LogP contribution in [0.25, 0.3) is 6.08 Å². The Bertz CT molecular complexity index is 960. The number of ether oxygens (including phenoxy) is 2. The first-order valence-electron chi connectivity index (χ1n) is 7.93. The third-order valence-electron chi connectivity index (χ3n) is 4.18. The number of hydrogen-bond donors (Lipinski definition) is 1. The summed E-state index contributed by atoms with van der Waals surface area (Å²) in [5.41, 5.74) is 0.520. The number of benzene rings is 1. The molecule has 1 aliphatic heterocycles. The molecule has 28 heavy (non-hydrogen) atoms. The Kier molecular flexibility index (Phi) is 5.63. The summed E-state index contributed by atoms with van der Waals surface area (Å²) >= 11 is 9.65. The monoisotopic (exact) mass is 476 g/mol. The largest absolute Gasteiger partial charge is 0.496 e. The van der Waals surface area contributed by atoms with Crippen LogP contribution in [0.2, 0.25) is 0 Å². The van der Waals surface area contributed by atoms with Crippen LogP contribution in [0.4, 0.5) is 13.2 Å². The summed E-state index contributed by atoms with van der Waals surface area (Å²) < 4.78 is 50.9. The number of carboxylic acids is 1. The Labute approximate surface area is 171 Å². The fraction of sp³-hybridized carbons (Fsp3) is 0.211. The fourth-order valence-electron chi connectivity index (χ4n) is 2.89. The lowest BCUT2D eigenvalue weighted by Crippen LogP contribution is -2.38. The number of carboxylic acid groups (broad SMARTS) is 1. The van der Waals surface area contributed by atoms with Crippen LogP contribution in [0.3, 0.4) is 0 Å². The molecule has 0 bridgehead atoms. The van der Waals surface area contributed by atoms with Crippen molar-refractivity contribution < 1.29 is 32.5 Å². The van der Waals surface area contributed by atoms with Gasteiger partial charge in [0.2, 0.25) is 6.10 Å². The van der Waals surface area contributed by atoms with Crippen molar-refractivity contribution in [2.24, 2.45) is 0 Å². The van der Waals surface area contributed by atoms with E-state index in [4.69, 9.17) is 26.2 Å². The van der Waals surface area contributed by atoms with E-state index >= 15 is 0 Å². The number of hydrogen-bond acceptors (Lipinski definition) is 3. The number of carbonyl (C=O) groups is 1. The van der Waals surface area contributed by atoms with Gasteiger partial charge in [0.25, 0.3) is 0 Å². The highest BCUT2D eigenvalue weighted by Crippen LogP contribution is 2.42. The van der Waals surface area contributed by atoms with Gasteiger partial charge in [-0.25, -0.2) is 4.79 Å². The number of aliphatic carboxylic acids is 1. The number of halogens is 5. The molecule has 0 aromatic heterocycles. The summed E-state index contributed by atoms with van der Waals surface area (Å²) in [6.07, 6.45) is -3.36. The Hall–Kier alpha value is -2.19. The van der Waals surface area contributed by atoms with E-state index in [9.17, 15) is 18.0 Å². The molecular formula is C19H13BrClF3O4. The quantitative estimate of drug-likeness (QED) is 0.616. The van der Waals surface area contributed by atoms with Gasteiger partial charge >= 0.3 is 12.1 Å². The van der Waals surface area contributed by atoms with Crippen LogP contribution < -0.4 is 4.74 Å². The van der Waals surface area contributed by atoms with Crippen LogP contribution >= 0.6 is 27.5 Å². The predicted molar refractivity (Wildman–Crippen MR) is 101 cm³/mol. The standard InChI is InChI=1S/C19H13BrClF3O4/c1-27-15-3-2-12(20)5-10(15)4-9-8-16-11(7-14(9)21)6-13(18(25)26)17(28-16)19(22,23)24/h2-7,17H,8H2,1H3,(H,25,26). The van der Waals surface area contributed by atoms with Gasteiger partial charge in [0.15, 0.2) is 0 Å². The smallest absolute Gasteiger partial charge is 0.429 e. The molecule has 9 heteroatoms. The first-order chi connectivity index (χ1) is 13.1. The second kappa shape index (κ2) is 7.67. The van der Waals surface area contributed by atoms with Gasteiger partial charge in [-0.15, -0.1) is 0 Å². The van der Waals surface area contributed by atoms with Crippen molar-refractivity contribution in [2.45, 2.75) is 18.7 Å². The molecule has 1 aromatic carbocycles. The van der Waals surface area contributed by atoms with Crippen molar-refractivity contribution in [3.8, 4) is 5.75 Å². The summed E-state index contributed by atoms with van der Waals surface area (Å²) in [6.45, 7) is 0. The van der Waals surface area contributed by atoms with Crippen LogP contribution in [0.1, 0.15) is 12.0 Å². The third-order valence-corrected chi connectivity index (χ3v) is 5.03. The molecule has 0 radical (unpaired) electrons. The van der Waals surface area contributed by atoms with Gasteiger partial charge in [-0.3, -0.25) is 0 Å². The highest BCUT2D eigenvalue weighted by Gasteiger charge is 2.49. The summed E-state index contributed by atoms with van der Waals surface area (Å²) in [5.74, 6) is -1.12. The van der Waals surface area contributed by atoms with E-state index in [0.717, 1.165) is 10.5 Å². The topological polar surface area (TPSA) is 55.8 Å². The molecule has 1 N–H and O–H groups in total. The normalized spacial score (nSPS) is 20.9. The zero-order chi connectivity index (χ0) is 20.6. The second-order valence-electron chi connectivity index (χ2n) is 6.05. The molecule has 0 amide bonds. The minimum Gasteiger partial charge on any atom is -0.496 e. The van der Waals surface area contributed by atoms with E-state index < -0.39 is 23.8 Å². The Morgan fingerprint density at radius 3 is 2.71 bits per heavy atom. The zero-order valence-corrected chi connectivity index (χ0v) is 16.7. The SMILES string of the molecule is COc1ccc(Br)cc1C=C1CC2=C(C=C1Cl)C=C(C(=O)O)C(C(F)(F)F)O2. The average Bonchev–Trinajstić information content (AvgIpc) is 2.60. The summed E-state index contributed by atoms with van der Waals surface area (Å²) in [6, 6.07) is 5.30. The summed E-state index contributed by atoms with van der Waals surface area (Å²) in [5, 5.41) is 9.38. The maximum Gasteiger partial charge on any atom is 0.429 e. The molecule has 1 atom stereocenters. The molecular weight excluding hydrogens is 465 g/mol. The van der Waals surface area contributed by atoms with Crippen molar-refractivity contribution >= 4 is 39.6 Å². The van der Waals surface area contributed by atoms with Crippen molar-refractivity contribution in [3.63, 3.8) is 0 Å². The number of alkyl halides is 3. The molecule has 0 fully saturated rings. The molecule has 0 saturated heterocycles. The van der Waals surface area contributed by atoms with Gasteiger partial charge in [-0.2, -0.15) is 13.2 Å². The summed E-state index contributed by atoms with van der Waals surface area (Å²) in [7, 11) is 1.50. The lowest BCUT2D eigenvalue weighted by molar-refractivity contribution is -0.201. The van der Waals surface area contributed by atoms with Crippen molar-refractivity contribution in [3.05, 3.63) is 67.9 Å². The van der Waals surface area contributed by atoms with Crippen molar-refractivity contribution in [2.75, 3.05) is 7.11 Å². The molecule has 1 unspecified atom stereocenters. The van der Waals surface area contributed by atoms with E-state index in [0.29, 0.717) is 16.9 Å². The van der Waals surface area contributed by atoms with Crippen LogP contribution in [0.5, 0.6) is 5.75 Å². The van der Waals surface area contributed by atoms with E-state index in [-0.39, 0.29) is 22.8 Å². The van der Waals surface area contributed by atoms with Gasteiger partial charge in [-0.1, -0.05) is 27.5 Å². The van der Waals surface area contributed by atoms with E-state index in [2.05, 4.69) is 15.9 Å². The van der Waals surface area contributed by atoms with Crippen molar-refractivity contribution in [1.82, 2.24) is 0 Å². The minimum absolute atomic E-state index is 0.0111. The van der Waals surface area contributed by atoms with Crippen LogP contribution in [0, 0.1) is 0 Å². The highest BCUT2D eigenvalue weighted by atomic mass is 79.9. The van der Waals surface area contributed by atoms with Crippen LogP contribution in [-0.4, -0.2) is 30.5 Å². The molecule has 1 heterocycles. The Balaban J connectivity index is 2.01. The maximum atomic E-state index is 13.2. The number of methoxy groups -OCH3 is 1. The van der Waals surface area contributed by atoms with E-state index in [1.54, 1.807) is 24.3 Å². The Morgan fingerprint density at radius 2 is 2.11 bits per heavy atom. The molecule has 1 aliphatic carbocycles. The number of allylic oxidation sites excluding steroid dienone is 5. The van der Waals surface area contributed by atoms with Gasteiger partial charge < -0.3 is 14.6 Å². The molecule has 0 spiro atoms. The Morgan fingerprint density at radius 1 is 1.39 bits per heavy atom. The van der Waals surface area contributed by atoms with E-state index in [1.165, 1.54) is 13.2 Å². The first-order valence-corrected chi connectivity index (χ1v) is 9.10. The fourth-order valence-corrected chi connectivity index (χ4v) is 3.51. The molecule has 4 nitrogen and oxygen atoms in total. The van der Waals surface area contributed by atoms with Gasteiger partial charge in [0, 0.05) is 27.1 Å².